The number of hydrogen-bond acceptors (Lipinski definition) is 4. The third-order valence-corrected chi connectivity index (χ3v) is 3.19. The second-order valence-corrected chi connectivity index (χ2v) is 4.90. The number of nitriles is 1. The molecule has 23 heavy (non-hydrogen) atoms. The molecule has 0 aromatic heterocycles. The molecular formula is C18H16N2O3. The Kier molecular flexibility index (Phi) is 5.50. The van der Waals surface area contributed by atoms with E-state index in [1.165, 1.54) is 18.2 Å². The monoisotopic (exact) mass is 308 g/mol. The van der Waals surface area contributed by atoms with Gasteiger partial charge in [0, 0.05) is 6.54 Å². The standard InChI is InChI=1S/C18H16N2O3/c19-11-15(9-13-5-4-8-16(21)10-13)18(23)20-12-17(22)14-6-2-1-3-7-14/h1-10,17,21-22H,12H2,(H,20,23)/b15-9+. The number of phenols is 1. The molecule has 0 saturated carbocycles. The van der Waals surface area contributed by atoms with E-state index >= 15 is 0 Å². The number of nitrogens with one attached hydrogen (secondary N) is 1. The lowest BCUT2D eigenvalue weighted by Crippen LogP contribution is -2.29. The molecule has 1 unspecified atom stereocenters. The second-order valence-electron chi connectivity index (χ2n) is 4.90. The van der Waals surface area contributed by atoms with Crippen LogP contribution < -0.4 is 5.32 Å². The van der Waals surface area contributed by atoms with Gasteiger partial charge in [-0.25, -0.2) is 0 Å². The quantitative estimate of drug-likeness (QED) is 0.583. The van der Waals surface area contributed by atoms with Crippen LogP contribution in [0, 0.1) is 11.3 Å². The number of aliphatic hydroxyl groups is 1. The molecule has 0 bridgehead atoms. The molecule has 0 aliphatic rings. The van der Waals surface area contributed by atoms with Crippen molar-refractivity contribution in [3.8, 4) is 11.8 Å². The Morgan fingerprint density at radius 2 is 1.96 bits per heavy atom. The SMILES string of the molecule is N#C/C(=C\c1cccc(O)c1)C(=O)NCC(O)c1ccccc1. The van der Waals surface area contributed by atoms with Crippen LogP contribution in [0.3, 0.4) is 0 Å². The average molecular weight is 308 g/mol. The van der Waals surface area contributed by atoms with Gasteiger partial charge in [0.15, 0.2) is 0 Å². The smallest absolute Gasteiger partial charge is 0.262 e. The Labute approximate surface area is 134 Å². The molecule has 0 saturated heterocycles. The maximum Gasteiger partial charge on any atom is 0.262 e. The van der Waals surface area contributed by atoms with Gasteiger partial charge in [-0.1, -0.05) is 42.5 Å². The van der Waals surface area contributed by atoms with Crippen LogP contribution in [0.15, 0.2) is 60.2 Å². The fourth-order valence-corrected chi connectivity index (χ4v) is 2.01. The van der Waals surface area contributed by atoms with Crippen LogP contribution in [-0.4, -0.2) is 22.7 Å². The van der Waals surface area contributed by atoms with Crippen molar-refractivity contribution >= 4 is 12.0 Å². The molecular weight excluding hydrogens is 292 g/mol. The highest BCUT2D eigenvalue weighted by atomic mass is 16.3. The molecule has 0 heterocycles. The number of aromatic hydroxyl groups is 1. The molecule has 2 rings (SSSR count). The molecule has 0 spiro atoms. The van der Waals surface area contributed by atoms with E-state index in [-0.39, 0.29) is 17.9 Å². The Balaban J connectivity index is 2.02. The van der Waals surface area contributed by atoms with Crippen molar-refractivity contribution in [1.29, 1.82) is 5.26 Å². The van der Waals surface area contributed by atoms with Crippen LogP contribution in [0.25, 0.3) is 6.08 Å². The zero-order valence-corrected chi connectivity index (χ0v) is 12.3. The first kappa shape index (κ1) is 16.3. The summed E-state index contributed by atoms with van der Waals surface area (Å²) >= 11 is 0. The topological polar surface area (TPSA) is 93.3 Å². The first-order chi connectivity index (χ1) is 11.1. The Morgan fingerprint density at radius 1 is 1.22 bits per heavy atom. The van der Waals surface area contributed by atoms with Gasteiger partial charge in [-0.2, -0.15) is 5.26 Å². The van der Waals surface area contributed by atoms with E-state index < -0.39 is 12.0 Å². The van der Waals surface area contributed by atoms with Crippen molar-refractivity contribution in [3.05, 3.63) is 71.3 Å². The lowest BCUT2D eigenvalue weighted by molar-refractivity contribution is -0.117. The van der Waals surface area contributed by atoms with Crippen molar-refractivity contribution in [2.45, 2.75) is 6.10 Å². The third kappa shape index (κ3) is 4.70. The number of carbonyl (C=O) groups excluding carboxylic acids is 1. The normalized spacial score (nSPS) is 12.3. The number of hydrogen-bond donors (Lipinski definition) is 3. The molecule has 116 valence electrons. The number of nitrogens with zero attached hydrogens (tertiary/aromatic N) is 1. The van der Waals surface area contributed by atoms with Crippen molar-refractivity contribution in [2.75, 3.05) is 6.54 Å². The molecule has 2 aromatic carbocycles. The van der Waals surface area contributed by atoms with E-state index in [1.54, 1.807) is 36.4 Å². The van der Waals surface area contributed by atoms with Gasteiger partial charge in [-0.3, -0.25) is 4.79 Å². The predicted octanol–water partition coefficient (Wildman–Crippen LogP) is 2.15. The zero-order chi connectivity index (χ0) is 16.7. The van der Waals surface area contributed by atoms with Gasteiger partial charge in [-0.05, 0) is 29.3 Å². The number of benzene rings is 2. The average Bonchev–Trinajstić information content (AvgIpc) is 2.58. The fourth-order valence-electron chi connectivity index (χ4n) is 2.01. The third-order valence-electron chi connectivity index (χ3n) is 3.19. The number of carbonyl (C=O) groups is 1. The van der Waals surface area contributed by atoms with Gasteiger partial charge in [-0.15, -0.1) is 0 Å². The van der Waals surface area contributed by atoms with E-state index in [1.807, 2.05) is 12.1 Å². The van der Waals surface area contributed by atoms with Crippen LogP contribution in [0.2, 0.25) is 0 Å². The number of phenolic OH excluding ortho intramolecular Hbond substituents is 1. The van der Waals surface area contributed by atoms with E-state index in [2.05, 4.69) is 5.32 Å². The summed E-state index contributed by atoms with van der Waals surface area (Å²) in [6.07, 6.45) is 0.532. The summed E-state index contributed by atoms with van der Waals surface area (Å²) in [5.74, 6) is -0.526. The molecule has 5 nitrogen and oxygen atoms in total. The van der Waals surface area contributed by atoms with Gasteiger partial charge in [0.25, 0.3) is 5.91 Å². The number of aliphatic hydroxyl groups excluding tert-OH is 1. The highest BCUT2D eigenvalue weighted by Gasteiger charge is 2.12. The predicted molar refractivity (Wildman–Crippen MR) is 86.1 cm³/mol. The van der Waals surface area contributed by atoms with Crippen molar-refractivity contribution in [1.82, 2.24) is 5.32 Å². The number of rotatable bonds is 5. The van der Waals surface area contributed by atoms with Crippen molar-refractivity contribution in [3.63, 3.8) is 0 Å². The molecule has 0 fully saturated rings. The van der Waals surface area contributed by atoms with Crippen molar-refractivity contribution in [2.24, 2.45) is 0 Å². The van der Waals surface area contributed by atoms with Crippen molar-refractivity contribution < 1.29 is 15.0 Å². The fraction of sp³-hybridized carbons (Fsp3) is 0.111. The molecule has 5 heteroatoms. The number of amides is 1. The lowest BCUT2D eigenvalue weighted by Gasteiger charge is -2.11. The molecule has 1 atom stereocenters. The minimum atomic E-state index is -0.846. The minimum Gasteiger partial charge on any atom is -0.508 e. The van der Waals surface area contributed by atoms with Crippen LogP contribution in [0.4, 0.5) is 0 Å². The summed E-state index contributed by atoms with van der Waals surface area (Å²) in [5, 5.41) is 31.0. The highest BCUT2D eigenvalue weighted by molar-refractivity contribution is 6.01. The molecule has 2 aromatic rings. The largest absolute Gasteiger partial charge is 0.508 e. The second kappa shape index (κ2) is 7.78. The van der Waals surface area contributed by atoms with E-state index in [0.29, 0.717) is 11.1 Å². The molecule has 1 amide bonds. The van der Waals surface area contributed by atoms with E-state index in [9.17, 15) is 15.0 Å². The van der Waals surface area contributed by atoms with Gasteiger partial charge in [0.05, 0.1) is 6.10 Å². The van der Waals surface area contributed by atoms with Gasteiger partial charge >= 0.3 is 0 Å². The maximum atomic E-state index is 12.0. The van der Waals surface area contributed by atoms with Crippen LogP contribution in [-0.2, 0) is 4.79 Å². The lowest BCUT2D eigenvalue weighted by atomic mass is 10.1. The summed E-state index contributed by atoms with van der Waals surface area (Å²) < 4.78 is 0. The Hall–Kier alpha value is -3.10. The van der Waals surface area contributed by atoms with Gasteiger partial charge < -0.3 is 15.5 Å². The molecule has 3 N–H and O–H groups in total. The molecule has 0 aliphatic carbocycles. The summed E-state index contributed by atoms with van der Waals surface area (Å²) in [6.45, 7) is 0.00189. The zero-order valence-electron chi connectivity index (χ0n) is 12.3. The van der Waals surface area contributed by atoms with Gasteiger partial charge in [0.1, 0.15) is 17.4 Å². The highest BCUT2D eigenvalue weighted by Crippen LogP contribution is 2.14. The first-order valence-electron chi connectivity index (χ1n) is 7.02. The van der Waals surface area contributed by atoms with Gasteiger partial charge in [0.2, 0.25) is 0 Å². The maximum absolute atomic E-state index is 12.0. The van der Waals surface area contributed by atoms with E-state index in [4.69, 9.17) is 5.26 Å². The summed E-state index contributed by atoms with van der Waals surface area (Å²) in [5.41, 5.74) is 1.12. The summed E-state index contributed by atoms with van der Waals surface area (Å²) in [6, 6.07) is 17.0. The summed E-state index contributed by atoms with van der Waals surface area (Å²) in [7, 11) is 0. The minimum absolute atomic E-state index is 0.00189. The molecule has 0 aliphatic heterocycles. The van der Waals surface area contributed by atoms with Crippen LogP contribution in [0.5, 0.6) is 5.75 Å². The Morgan fingerprint density at radius 3 is 2.61 bits per heavy atom. The summed E-state index contributed by atoms with van der Waals surface area (Å²) in [4.78, 5) is 12.0. The Bertz CT molecular complexity index is 748. The molecule has 0 radical (unpaired) electrons. The first-order valence-corrected chi connectivity index (χ1v) is 7.02. The van der Waals surface area contributed by atoms with Crippen LogP contribution >= 0.6 is 0 Å². The van der Waals surface area contributed by atoms with Crippen LogP contribution in [0.1, 0.15) is 17.2 Å². The van der Waals surface area contributed by atoms with E-state index in [0.717, 1.165) is 0 Å².